The van der Waals surface area contributed by atoms with Crippen molar-refractivity contribution in [2.75, 3.05) is 0 Å². The molecule has 0 radical (unpaired) electrons. The first-order chi connectivity index (χ1) is 12.0. The van der Waals surface area contributed by atoms with Gasteiger partial charge in [-0.3, -0.25) is 0 Å². The van der Waals surface area contributed by atoms with Crippen LogP contribution in [0.4, 0.5) is 0 Å². The topological polar surface area (TPSA) is 86.7 Å². The van der Waals surface area contributed by atoms with E-state index in [0.29, 0.717) is 5.39 Å². The molecule has 4 rings (SSSR count). The highest BCUT2D eigenvalue weighted by molar-refractivity contribution is 7.87. The largest absolute Gasteiger partial charge is 0.386 e. The maximum Gasteiger partial charge on any atom is 0.347 e. The van der Waals surface area contributed by atoms with E-state index in [0.717, 1.165) is 6.07 Å². The number of hydrogen-bond donors (Lipinski definition) is 0. The molecule has 25 heavy (non-hydrogen) atoms. The molecule has 0 aliphatic carbocycles. The Morgan fingerprint density at radius 2 is 1.44 bits per heavy atom. The molecule has 0 unspecified atom stereocenters. The Morgan fingerprint density at radius 3 is 2.16 bits per heavy atom. The van der Waals surface area contributed by atoms with Gasteiger partial charge in [0.05, 0.1) is 11.1 Å². The molecule has 0 saturated carbocycles. The van der Waals surface area contributed by atoms with E-state index in [2.05, 4.69) is 4.74 Å². The monoisotopic (exact) mass is 354 g/mol. The molecular weight excluding hydrogens is 344 g/mol. The zero-order chi connectivity index (χ0) is 17.6. The van der Waals surface area contributed by atoms with Gasteiger partial charge in [0.1, 0.15) is 10.6 Å². The van der Waals surface area contributed by atoms with Crippen LogP contribution in [0.2, 0.25) is 0 Å². The Kier molecular flexibility index (Phi) is 3.33. The lowest BCUT2D eigenvalue weighted by atomic mass is 10.0. The normalized spacial score (nSPS) is 13.6. The first kappa shape index (κ1) is 15.3. The maximum atomic E-state index is 12.7. The third kappa shape index (κ3) is 2.45. The minimum Gasteiger partial charge on any atom is -0.386 e. The van der Waals surface area contributed by atoms with Crippen molar-refractivity contribution >= 4 is 32.8 Å². The number of cyclic esters (lactones) is 2. The zero-order valence-electron chi connectivity index (χ0n) is 12.6. The summed E-state index contributed by atoms with van der Waals surface area (Å²) in [6, 6.07) is 15.5. The van der Waals surface area contributed by atoms with Crippen molar-refractivity contribution < 1.29 is 26.9 Å². The number of benzene rings is 3. The lowest BCUT2D eigenvalue weighted by Gasteiger charge is -2.11. The van der Waals surface area contributed by atoms with Crippen LogP contribution < -0.4 is 4.18 Å². The fourth-order valence-corrected chi connectivity index (χ4v) is 3.93. The molecule has 1 aliphatic rings. The molecule has 1 heterocycles. The summed E-state index contributed by atoms with van der Waals surface area (Å²) in [5.74, 6) is -1.52. The number of para-hydroxylation sites is 1. The van der Waals surface area contributed by atoms with Crippen LogP contribution in [0.1, 0.15) is 20.7 Å². The molecule has 3 aromatic rings. The van der Waals surface area contributed by atoms with Crippen molar-refractivity contribution in [3.05, 3.63) is 71.8 Å². The molecule has 7 heteroatoms. The van der Waals surface area contributed by atoms with Gasteiger partial charge in [-0.05, 0) is 23.6 Å². The van der Waals surface area contributed by atoms with Crippen molar-refractivity contribution in [2.24, 2.45) is 0 Å². The van der Waals surface area contributed by atoms with Gasteiger partial charge in [0.2, 0.25) is 0 Å². The Hall–Kier alpha value is -3.19. The van der Waals surface area contributed by atoms with E-state index in [-0.39, 0.29) is 27.2 Å². The quantitative estimate of drug-likeness (QED) is 0.408. The zero-order valence-corrected chi connectivity index (χ0v) is 13.4. The fraction of sp³-hybridized carbons (Fsp3) is 0. The first-order valence-corrected chi connectivity index (χ1v) is 8.70. The lowest BCUT2D eigenvalue weighted by molar-refractivity contribution is 0.0444. The molecule has 0 fully saturated rings. The Balaban J connectivity index is 1.97. The van der Waals surface area contributed by atoms with Crippen LogP contribution in [-0.4, -0.2) is 20.4 Å². The molecular formula is C18H10O6S. The van der Waals surface area contributed by atoms with Crippen molar-refractivity contribution in [2.45, 2.75) is 4.90 Å². The second kappa shape index (κ2) is 5.42. The van der Waals surface area contributed by atoms with Crippen LogP contribution >= 0.6 is 0 Å². The van der Waals surface area contributed by atoms with Crippen LogP contribution in [0.3, 0.4) is 0 Å². The number of carbonyl (C=O) groups is 2. The molecule has 0 amide bonds. The number of ether oxygens (including phenoxy) is 1. The average Bonchev–Trinajstić information content (AvgIpc) is 2.89. The highest BCUT2D eigenvalue weighted by Crippen LogP contribution is 2.34. The fourth-order valence-electron chi connectivity index (χ4n) is 2.77. The predicted molar refractivity (Wildman–Crippen MR) is 87.9 cm³/mol. The number of rotatable bonds is 3. The molecule has 0 N–H and O–H groups in total. The third-order valence-corrected chi connectivity index (χ3v) is 5.12. The molecule has 124 valence electrons. The Bertz CT molecular complexity index is 1130. The molecule has 0 spiro atoms. The summed E-state index contributed by atoms with van der Waals surface area (Å²) in [6.07, 6.45) is 0. The Morgan fingerprint density at radius 1 is 0.800 bits per heavy atom. The van der Waals surface area contributed by atoms with Gasteiger partial charge < -0.3 is 8.92 Å². The van der Waals surface area contributed by atoms with Crippen LogP contribution in [0.15, 0.2) is 65.6 Å². The summed E-state index contributed by atoms with van der Waals surface area (Å²) >= 11 is 0. The third-order valence-electron chi connectivity index (χ3n) is 3.83. The summed E-state index contributed by atoms with van der Waals surface area (Å²) in [4.78, 5) is 23.6. The van der Waals surface area contributed by atoms with Crippen LogP contribution in [0.5, 0.6) is 5.75 Å². The van der Waals surface area contributed by atoms with Crippen LogP contribution in [0.25, 0.3) is 10.8 Å². The second-order valence-electron chi connectivity index (χ2n) is 5.37. The van der Waals surface area contributed by atoms with E-state index in [1.807, 2.05) is 0 Å². The number of carbonyl (C=O) groups excluding carboxylic acids is 2. The molecule has 3 aromatic carbocycles. The van der Waals surface area contributed by atoms with Gasteiger partial charge in [-0.2, -0.15) is 8.42 Å². The van der Waals surface area contributed by atoms with E-state index in [9.17, 15) is 18.0 Å². The standard InChI is InChI=1S/C18H10O6S/c19-17-14-10-15(25(21,22)24-11-6-2-1-3-7-11)12-8-4-5-9-13(12)16(14)18(20)23-17/h1-10H. The molecule has 6 nitrogen and oxygen atoms in total. The van der Waals surface area contributed by atoms with E-state index in [1.165, 1.54) is 12.1 Å². The van der Waals surface area contributed by atoms with E-state index < -0.39 is 22.1 Å². The van der Waals surface area contributed by atoms with Crippen LogP contribution in [0, 0.1) is 0 Å². The van der Waals surface area contributed by atoms with Gasteiger partial charge in [0, 0.05) is 5.39 Å². The average molecular weight is 354 g/mol. The summed E-state index contributed by atoms with van der Waals surface area (Å²) < 4.78 is 35.3. The van der Waals surface area contributed by atoms with E-state index in [4.69, 9.17) is 4.18 Å². The van der Waals surface area contributed by atoms with Crippen molar-refractivity contribution in [1.29, 1.82) is 0 Å². The first-order valence-electron chi connectivity index (χ1n) is 7.29. The van der Waals surface area contributed by atoms with Gasteiger partial charge in [0.25, 0.3) is 0 Å². The number of fused-ring (bicyclic) bond motifs is 3. The van der Waals surface area contributed by atoms with Gasteiger partial charge in [-0.25, -0.2) is 9.59 Å². The van der Waals surface area contributed by atoms with Gasteiger partial charge in [-0.15, -0.1) is 0 Å². The maximum absolute atomic E-state index is 12.7. The summed E-state index contributed by atoms with van der Waals surface area (Å²) in [5, 5.41) is 0.606. The highest BCUT2D eigenvalue weighted by atomic mass is 32.2. The minimum absolute atomic E-state index is 0.0688. The number of hydrogen-bond acceptors (Lipinski definition) is 6. The van der Waals surface area contributed by atoms with Gasteiger partial charge in [0.15, 0.2) is 0 Å². The smallest absolute Gasteiger partial charge is 0.347 e. The van der Waals surface area contributed by atoms with Crippen molar-refractivity contribution in [1.82, 2.24) is 0 Å². The summed E-state index contributed by atoms with van der Waals surface area (Å²) in [6.45, 7) is 0. The SMILES string of the molecule is O=C1OC(=O)c2c1cc(S(=O)(=O)Oc1ccccc1)c1ccccc21. The lowest BCUT2D eigenvalue weighted by Crippen LogP contribution is -2.11. The molecule has 1 aliphatic heterocycles. The van der Waals surface area contributed by atoms with Gasteiger partial charge >= 0.3 is 22.1 Å². The minimum atomic E-state index is -4.22. The van der Waals surface area contributed by atoms with E-state index in [1.54, 1.807) is 42.5 Å². The molecule has 0 aromatic heterocycles. The Labute approximate surface area is 142 Å². The molecule has 0 bridgehead atoms. The van der Waals surface area contributed by atoms with Crippen molar-refractivity contribution in [3.8, 4) is 5.75 Å². The second-order valence-corrected chi connectivity index (χ2v) is 6.89. The van der Waals surface area contributed by atoms with E-state index >= 15 is 0 Å². The summed E-state index contributed by atoms with van der Waals surface area (Å²) in [5.41, 5.74) is -0.0156. The predicted octanol–water partition coefficient (Wildman–Crippen LogP) is 2.92. The van der Waals surface area contributed by atoms with Gasteiger partial charge in [-0.1, -0.05) is 42.5 Å². The summed E-state index contributed by atoms with van der Waals surface area (Å²) in [7, 11) is -4.22. The molecule has 0 atom stereocenters. The van der Waals surface area contributed by atoms with Crippen LogP contribution in [-0.2, 0) is 14.9 Å². The van der Waals surface area contributed by atoms with Crippen molar-refractivity contribution in [3.63, 3.8) is 0 Å². The number of esters is 2. The molecule has 0 saturated heterocycles. The highest BCUT2D eigenvalue weighted by Gasteiger charge is 2.35.